The monoisotopic (exact) mass is 276 g/mol. The van der Waals surface area contributed by atoms with Crippen LogP contribution in [0.2, 0.25) is 0 Å². The van der Waals surface area contributed by atoms with Gasteiger partial charge in [0.05, 0.1) is 11.6 Å². The topological polar surface area (TPSA) is 27.0 Å². The van der Waals surface area contributed by atoms with Gasteiger partial charge in [-0.05, 0) is 43.7 Å². The van der Waals surface area contributed by atoms with Gasteiger partial charge in [-0.3, -0.25) is 0 Å². The van der Waals surface area contributed by atoms with Gasteiger partial charge < -0.3 is 4.90 Å². The minimum Gasteiger partial charge on any atom is -0.368 e. The zero-order valence-electron chi connectivity index (χ0n) is 12.3. The van der Waals surface area contributed by atoms with Crippen molar-refractivity contribution in [3.8, 4) is 6.07 Å². The first-order valence-corrected chi connectivity index (χ1v) is 8.07. The van der Waals surface area contributed by atoms with Gasteiger partial charge in [-0.25, -0.2) is 0 Å². The Balaban J connectivity index is 1.85. The molecule has 21 heavy (non-hydrogen) atoms. The first kappa shape index (κ1) is 12.7. The molecule has 2 aromatic carbocycles. The molecule has 2 heteroatoms. The third-order valence-electron chi connectivity index (χ3n) is 5.32. The summed E-state index contributed by atoms with van der Waals surface area (Å²) in [5.74, 6) is 0.883. The van der Waals surface area contributed by atoms with Gasteiger partial charge in [-0.2, -0.15) is 5.26 Å². The summed E-state index contributed by atoms with van der Waals surface area (Å²) in [5, 5.41) is 11.7. The summed E-state index contributed by atoms with van der Waals surface area (Å²) >= 11 is 0. The van der Waals surface area contributed by atoms with Crippen LogP contribution in [-0.2, 0) is 0 Å². The number of piperidine rings is 1. The van der Waals surface area contributed by atoms with Gasteiger partial charge in [0.2, 0.25) is 0 Å². The first-order valence-electron chi connectivity index (χ1n) is 8.07. The quantitative estimate of drug-likeness (QED) is 0.768. The number of nitriles is 1. The minimum absolute atomic E-state index is 0.718. The predicted molar refractivity (Wildman–Crippen MR) is 86.4 cm³/mol. The van der Waals surface area contributed by atoms with E-state index in [-0.39, 0.29) is 0 Å². The van der Waals surface area contributed by atoms with Crippen molar-refractivity contribution in [1.29, 1.82) is 5.26 Å². The summed E-state index contributed by atoms with van der Waals surface area (Å²) in [6, 6.07) is 15.6. The summed E-state index contributed by atoms with van der Waals surface area (Å²) in [7, 11) is 0. The van der Waals surface area contributed by atoms with Gasteiger partial charge >= 0.3 is 0 Å². The van der Waals surface area contributed by atoms with Crippen LogP contribution >= 0.6 is 0 Å². The van der Waals surface area contributed by atoms with Crippen molar-refractivity contribution in [2.24, 2.45) is 5.92 Å². The molecule has 2 nitrogen and oxygen atoms in total. The lowest BCUT2D eigenvalue weighted by atomic mass is 9.90. The lowest BCUT2D eigenvalue weighted by Crippen LogP contribution is -2.42. The SMILES string of the molecule is N#Cc1ccc(N2CCCC3CCCC32)c2ccccc12. The van der Waals surface area contributed by atoms with Crippen LogP contribution in [0.5, 0.6) is 0 Å². The average molecular weight is 276 g/mol. The van der Waals surface area contributed by atoms with Crippen LogP contribution in [0.4, 0.5) is 5.69 Å². The largest absolute Gasteiger partial charge is 0.368 e. The smallest absolute Gasteiger partial charge is 0.0998 e. The van der Waals surface area contributed by atoms with E-state index in [9.17, 15) is 5.26 Å². The van der Waals surface area contributed by atoms with E-state index in [2.05, 4.69) is 35.2 Å². The van der Waals surface area contributed by atoms with Crippen LogP contribution < -0.4 is 4.90 Å². The molecule has 0 N–H and O–H groups in total. The number of anilines is 1. The van der Waals surface area contributed by atoms with Crippen molar-refractivity contribution in [2.75, 3.05) is 11.4 Å². The Kier molecular flexibility index (Phi) is 3.07. The third-order valence-corrected chi connectivity index (χ3v) is 5.32. The third kappa shape index (κ3) is 2.00. The highest BCUT2D eigenvalue weighted by atomic mass is 15.2. The number of benzene rings is 2. The Hall–Kier alpha value is -2.01. The minimum atomic E-state index is 0.718. The van der Waals surface area contributed by atoms with E-state index in [4.69, 9.17) is 0 Å². The molecule has 2 atom stereocenters. The van der Waals surface area contributed by atoms with E-state index in [1.807, 2.05) is 12.1 Å². The van der Waals surface area contributed by atoms with E-state index >= 15 is 0 Å². The van der Waals surface area contributed by atoms with Gasteiger partial charge in [0.15, 0.2) is 0 Å². The summed E-state index contributed by atoms with van der Waals surface area (Å²) in [6.45, 7) is 1.16. The Morgan fingerprint density at radius 3 is 2.62 bits per heavy atom. The zero-order chi connectivity index (χ0) is 14.2. The van der Waals surface area contributed by atoms with Gasteiger partial charge in [0.1, 0.15) is 0 Å². The van der Waals surface area contributed by atoms with Crippen LogP contribution in [-0.4, -0.2) is 12.6 Å². The second-order valence-electron chi connectivity index (χ2n) is 6.38. The number of rotatable bonds is 1. The van der Waals surface area contributed by atoms with Crippen LogP contribution in [0.25, 0.3) is 10.8 Å². The highest BCUT2D eigenvalue weighted by Crippen LogP contribution is 2.41. The molecule has 2 unspecified atom stereocenters. The zero-order valence-corrected chi connectivity index (χ0v) is 12.3. The van der Waals surface area contributed by atoms with E-state index in [0.717, 1.165) is 29.5 Å². The first-order chi connectivity index (χ1) is 10.4. The second-order valence-corrected chi connectivity index (χ2v) is 6.38. The number of hydrogen-bond donors (Lipinski definition) is 0. The molecular formula is C19H20N2. The molecule has 2 aromatic rings. The Morgan fingerprint density at radius 1 is 0.952 bits per heavy atom. The maximum absolute atomic E-state index is 9.32. The molecule has 0 bridgehead atoms. The molecule has 106 valence electrons. The molecular weight excluding hydrogens is 256 g/mol. The summed E-state index contributed by atoms with van der Waals surface area (Å²) < 4.78 is 0. The highest BCUT2D eigenvalue weighted by molar-refractivity contribution is 5.98. The summed E-state index contributed by atoms with van der Waals surface area (Å²) in [6.07, 6.45) is 6.80. The fourth-order valence-electron chi connectivity index (χ4n) is 4.38. The van der Waals surface area contributed by atoms with Crippen molar-refractivity contribution in [1.82, 2.24) is 0 Å². The molecule has 1 aliphatic carbocycles. The summed E-state index contributed by atoms with van der Waals surface area (Å²) in [4.78, 5) is 2.63. The lowest BCUT2D eigenvalue weighted by molar-refractivity contribution is 0.363. The van der Waals surface area contributed by atoms with E-state index in [1.54, 1.807) is 0 Å². The molecule has 4 rings (SSSR count). The Labute approximate surface area is 126 Å². The van der Waals surface area contributed by atoms with Crippen molar-refractivity contribution >= 4 is 16.5 Å². The van der Waals surface area contributed by atoms with E-state index < -0.39 is 0 Å². The number of nitrogens with zero attached hydrogens (tertiary/aromatic N) is 2. The average Bonchev–Trinajstić information content (AvgIpc) is 3.02. The molecule has 0 aromatic heterocycles. The lowest BCUT2D eigenvalue weighted by Gasteiger charge is -2.40. The van der Waals surface area contributed by atoms with Gasteiger partial charge in [-0.1, -0.05) is 30.7 Å². The standard InChI is InChI=1S/C19H20N2/c20-13-15-10-11-19(17-8-2-1-7-16(15)17)21-12-4-6-14-5-3-9-18(14)21/h1-2,7-8,10-11,14,18H,3-6,9,12H2. The number of fused-ring (bicyclic) bond motifs is 2. The van der Waals surface area contributed by atoms with Gasteiger partial charge in [0.25, 0.3) is 0 Å². The van der Waals surface area contributed by atoms with Crippen molar-refractivity contribution in [2.45, 2.75) is 38.1 Å². The van der Waals surface area contributed by atoms with Crippen LogP contribution in [0.3, 0.4) is 0 Å². The normalized spacial score (nSPS) is 24.8. The van der Waals surface area contributed by atoms with Crippen molar-refractivity contribution < 1.29 is 0 Å². The molecule has 0 radical (unpaired) electrons. The molecule has 2 aliphatic rings. The molecule has 0 spiro atoms. The molecule has 1 saturated carbocycles. The molecule has 1 heterocycles. The Morgan fingerprint density at radius 2 is 1.76 bits per heavy atom. The van der Waals surface area contributed by atoms with Crippen LogP contribution in [0.15, 0.2) is 36.4 Å². The van der Waals surface area contributed by atoms with Crippen molar-refractivity contribution in [3.05, 3.63) is 42.0 Å². The fourth-order valence-corrected chi connectivity index (χ4v) is 4.38. The molecule has 2 fully saturated rings. The van der Waals surface area contributed by atoms with Gasteiger partial charge in [0, 0.05) is 29.0 Å². The summed E-state index contributed by atoms with van der Waals surface area (Å²) in [5.41, 5.74) is 2.12. The van der Waals surface area contributed by atoms with Gasteiger partial charge in [-0.15, -0.1) is 0 Å². The van der Waals surface area contributed by atoms with E-state index in [0.29, 0.717) is 0 Å². The number of hydrogen-bond acceptors (Lipinski definition) is 2. The van der Waals surface area contributed by atoms with Crippen molar-refractivity contribution in [3.63, 3.8) is 0 Å². The second kappa shape index (κ2) is 5.07. The molecule has 1 saturated heterocycles. The maximum Gasteiger partial charge on any atom is 0.0998 e. The Bertz CT molecular complexity index is 713. The molecule has 0 amide bonds. The van der Waals surface area contributed by atoms with Crippen LogP contribution in [0, 0.1) is 17.2 Å². The van der Waals surface area contributed by atoms with Crippen LogP contribution in [0.1, 0.15) is 37.7 Å². The van der Waals surface area contributed by atoms with E-state index in [1.165, 1.54) is 43.2 Å². The molecule has 1 aliphatic heterocycles. The highest BCUT2D eigenvalue weighted by Gasteiger charge is 2.35. The maximum atomic E-state index is 9.32. The predicted octanol–water partition coefficient (Wildman–Crippen LogP) is 4.48. The fraction of sp³-hybridized carbons (Fsp3) is 0.421.